The largest absolute Gasteiger partial charge is 0.324 e. The molecule has 0 radical (unpaired) electrons. The standard InChI is InChI=1S/C15H15ClFNO2S/c1-21(19,20)12-5-3-11(4-6-12)15(18)9-10-2-7-14(17)13(16)8-10/h2-8,15H,9,18H2,1H3. The minimum Gasteiger partial charge on any atom is -0.324 e. The summed E-state index contributed by atoms with van der Waals surface area (Å²) in [6, 6.07) is 10.6. The average Bonchev–Trinajstić information content (AvgIpc) is 2.42. The van der Waals surface area contributed by atoms with Crippen LogP contribution in [-0.4, -0.2) is 14.7 Å². The molecule has 1 atom stereocenters. The van der Waals surface area contributed by atoms with Crippen LogP contribution in [0.2, 0.25) is 5.02 Å². The molecule has 0 fully saturated rings. The van der Waals surface area contributed by atoms with Gasteiger partial charge in [-0.25, -0.2) is 12.8 Å². The smallest absolute Gasteiger partial charge is 0.175 e. The molecule has 0 heterocycles. The molecule has 0 amide bonds. The predicted molar refractivity (Wildman–Crippen MR) is 81.6 cm³/mol. The fourth-order valence-corrected chi connectivity index (χ4v) is 2.83. The first-order chi connectivity index (χ1) is 9.77. The molecule has 1 unspecified atom stereocenters. The molecule has 6 heteroatoms. The lowest BCUT2D eigenvalue weighted by atomic mass is 10.00. The van der Waals surface area contributed by atoms with E-state index in [4.69, 9.17) is 17.3 Å². The highest BCUT2D eigenvalue weighted by atomic mass is 35.5. The molecular formula is C15H15ClFNO2S. The lowest BCUT2D eigenvalue weighted by molar-refractivity contribution is 0.601. The Balaban J connectivity index is 2.16. The maximum Gasteiger partial charge on any atom is 0.175 e. The summed E-state index contributed by atoms with van der Waals surface area (Å²) in [7, 11) is -3.21. The van der Waals surface area contributed by atoms with Crippen LogP contribution in [-0.2, 0) is 16.3 Å². The maximum absolute atomic E-state index is 13.1. The van der Waals surface area contributed by atoms with E-state index in [0.717, 1.165) is 17.4 Å². The first kappa shape index (κ1) is 15.9. The van der Waals surface area contributed by atoms with Crippen LogP contribution in [0.25, 0.3) is 0 Å². The molecule has 0 aliphatic rings. The summed E-state index contributed by atoms with van der Waals surface area (Å²) in [6.45, 7) is 0. The van der Waals surface area contributed by atoms with Gasteiger partial charge in [-0.05, 0) is 41.8 Å². The quantitative estimate of drug-likeness (QED) is 0.938. The minimum absolute atomic E-state index is 0.0622. The molecule has 0 saturated carbocycles. The molecule has 2 rings (SSSR count). The van der Waals surface area contributed by atoms with Gasteiger partial charge >= 0.3 is 0 Å². The van der Waals surface area contributed by atoms with Gasteiger partial charge in [0.25, 0.3) is 0 Å². The Kier molecular flexibility index (Phi) is 4.66. The Morgan fingerprint density at radius 1 is 1.19 bits per heavy atom. The summed E-state index contributed by atoms with van der Waals surface area (Å²) in [4.78, 5) is 0.253. The van der Waals surface area contributed by atoms with Crippen LogP contribution in [0.15, 0.2) is 47.4 Å². The highest BCUT2D eigenvalue weighted by Gasteiger charge is 2.11. The predicted octanol–water partition coefficient (Wildman–Crippen LogP) is 3.13. The first-order valence-electron chi connectivity index (χ1n) is 6.27. The van der Waals surface area contributed by atoms with Crippen LogP contribution in [0.1, 0.15) is 17.2 Å². The zero-order valence-corrected chi connectivity index (χ0v) is 13.0. The van der Waals surface area contributed by atoms with Crippen LogP contribution >= 0.6 is 11.6 Å². The van der Waals surface area contributed by atoms with Crippen LogP contribution in [0.3, 0.4) is 0 Å². The molecule has 0 aromatic heterocycles. The molecular weight excluding hydrogens is 313 g/mol. The van der Waals surface area contributed by atoms with Gasteiger partial charge in [-0.1, -0.05) is 29.8 Å². The van der Waals surface area contributed by atoms with Gasteiger partial charge in [-0.2, -0.15) is 0 Å². The Labute approximate surface area is 128 Å². The second-order valence-electron chi connectivity index (χ2n) is 4.90. The van der Waals surface area contributed by atoms with Crippen molar-refractivity contribution in [1.29, 1.82) is 0 Å². The minimum atomic E-state index is -3.21. The van der Waals surface area contributed by atoms with Gasteiger partial charge in [0.1, 0.15) is 5.82 Å². The summed E-state index contributed by atoms with van der Waals surface area (Å²) in [5, 5.41) is 0.0622. The summed E-state index contributed by atoms with van der Waals surface area (Å²) in [6.07, 6.45) is 1.64. The number of benzene rings is 2. The van der Waals surface area contributed by atoms with Crippen molar-refractivity contribution in [1.82, 2.24) is 0 Å². The summed E-state index contributed by atoms with van der Waals surface area (Å²) < 4.78 is 35.9. The van der Waals surface area contributed by atoms with Gasteiger partial charge in [0.05, 0.1) is 9.92 Å². The number of rotatable bonds is 4. The second-order valence-corrected chi connectivity index (χ2v) is 7.32. The van der Waals surface area contributed by atoms with E-state index in [-0.39, 0.29) is 16.0 Å². The Hall–Kier alpha value is -1.43. The highest BCUT2D eigenvalue weighted by molar-refractivity contribution is 7.90. The summed E-state index contributed by atoms with van der Waals surface area (Å²) in [5.74, 6) is -0.466. The van der Waals surface area contributed by atoms with Crippen molar-refractivity contribution >= 4 is 21.4 Å². The van der Waals surface area contributed by atoms with E-state index in [1.165, 1.54) is 18.2 Å². The lowest BCUT2D eigenvalue weighted by Gasteiger charge is -2.13. The average molecular weight is 328 g/mol. The molecule has 2 aromatic carbocycles. The monoisotopic (exact) mass is 327 g/mol. The van der Waals surface area contributed by atoms with E-state index in [0.29, 0.717) is 6.42 Å². The van der Waals surface area contributed by atoms with Crippen molar-refractivity contribution < 1.29 is 12.8 Å². The van der Waals surface area contributed by atoms with Crippen LogP contribution < -0.4 is 5.73 Å². The topological polar surface area (TPSA) is 60.2 Å². The van der Waals surface area contributed by atoms with Crippen LogP contribution in [0, 0.1) is 5.82 Å². The third kappa shape index (κ3) is 4.03. The van der Waals surface area contributed by atoms with E-state index in [9.17, 15) is 12.8 Å². The molecule has 0 aliphatic heterocycles. The molecule has 3 nitrogen and oxygen atoms in total. The van der Waals surface area contributed by atoms with Crippen LogP contribution in [0.5, 0.6) is 0 Å². The van der Waals surface area contributed by atoms with Gasteiger partial charge in [0, 0.05) is 12.3 Å². The molecule has 2 aromatic rings. The first-order valence-corrected chi connectivity index (χ1v) is 8.54. The van der Waals surface area contributed by atoms with Crippen molar-refractivity contribution in [2.45, 2.75) is 17.4 Å². The van der Waals surface area contributed by atoms with Gasteiger partial charge in [-0.3, -0.25) is 0 Å². The fraction of sp³-hybridized carbons (Fsp3) is 0.200. The van der Waals surface area contributed by atoms with E-state index >= 15 is 0 Å². The van der Waals surface area contributed by atoms with Gasteiger partial charge in [0.15, 0.2) is 9.84 Å². The number of hydrogen-bond donors (Lipinski definition) is 1. The van der Waals surface area contributed by atoms with E-state index < -0.39 is 15.7 Å². The van der Waals surface area contributed by atoms with E-state index in [2.05, 4.69) is 0 Å². The summed E-state index contributed by atoms with van der Waals surface area (Å²) in [5.41, 5.74) is 7.72. The van der Waals surface area contributed by atoms with Crippen molar-refractivity contribution in [2.24, 2.45) is 5.73 Å². The van der Waals surface area contributed by atoms with Gasteiger partial charge < -0.3 is 5.73 Å². The zero-order valence-electron chi connectivity index (χ0n) is 11.4. The Bertz CT molecular complexity index is 745. The van der Waals surface area contributed by atoms with Crippen molar-refractivity contribution in [3.8, 4) is 0 Å². The molecule has 0 saturated heterocycles. The Morgan fingerprint density at radius 3 is 2.33 bits per heavy atom. The number of hydrogen-bond acceptors (Lipinski definition) is 3. The van der Waals surface area contributed by atoms with E-state index in [1.54, 1.807) is 24.3 Å². The van der Waals surface area contributed by atoms with E-state index in [1.807, 2.05) is 0 Å². The molecule has 112 valence electrons. The molecule has 21 heavy (non-hydrogen) atoms. The zero-order chi connectivity index (χ0) is 15.6. The van der Waals surface area contributed by atoms with Crippen molar-refractivity contribution in [3.63, 3.8) is 0 Å². The van der Waals surface area contributed by atoms with Crippen molar-refractivity contribution in [2.75, 3.05) is 6.26 Å². The summed E-state index contributed by atoms with van der Waals surface area (Å²) >= 11 is 5.73. The fourth-order valence-electron chi connectivity index (χ4n) is 2.00. The van der Waals surface area contributed by atoms with Crippen LogP contribution in [0.4, 0.5) is 4.39 Å². The van der Waals surface area contributed by atoms with Gasteiger partial charge in [-0.15, -0.1) is 0 Å². The Morgan fingerprint density at radius 2 is 1.81 bits per heavy atom. The third-order valence-corrected chi connectivity index (χ3v) is 4.59. The molecule has 0 spiro atoms. The SMILES string of the molecule is CS(=O)(=O)c1ccc(C(N)Cc2ccc(F)c(Cl)c2)cc1. The third-order valence-electron chi connectivity index (χ3n) is 3.18. The molecule has 0 bridgehead atoms. The van der Waals surface area contributed by atoms with Gasteiger partial charge in [0.2, 0.25) is 0 Å². The normalized spacial score (nSPS) is 13.1. The second kappa shape index (κ2) is 6.13. The highest BCUT2D eigenvalue weighted by Crippen LogP contribution is 2.22. The number of halogens is 2. The lowest BCUT2D eigenvalue weighted by Crippen LogP contribution is -2.13. The van der Waals surface area contributed by atoms with Crippen molar-refractivity contribution in [3.05, 3.63) is 64.4 Å². The molecule has 2 N–H and O–H groups in total. The number of nitrogens with two attached hydrogens (primary N) is 1. The number of sulfone groups is 1. The maximum atomic E-state index is 13.1. The molecule has 0 aliphatic carbocycles.